The number of oxime groups is 1. The molecule has 2 aliphatic heterocycles. The number of aryl methyl sites for hydroxylation is 1. The Kier molecular flexibility index (Phi) is 4.02. The van der Waals surface area contributed by atoms with E-state index in [-0.39, 0.29) is 0 Å². The third-order valence-corrected chi connectivity index (χ3v) is 4.82. The molecule has 1 saturated heterocycles. The molecule has 2 aliphatic rings. The zero-order chi connectivity index (χ0) is 18.4. The van der Waals surface area contributed by atoms with Crippen LogP contribution in [-0.2, 0) is 17.6 Å². The highest BCUT2D eigenvalue weighted by Crippen LogP contribution is 2.37. The summed E-state index contributed by atoms with van der Waals surface area (Å²) in [6.07, 6.45) is -3.09. The fourth-order valence-electron chi connectivity index (χ4n) is 3.55. The van der Waals surface area contributed by atoms with Gasteiger partial charge in [-0.2, -0.15) is 13.2 Å². The van der Waals surface area contributed by atoms with Crippen LogP contribution in [0.2, 0.25) is 0 Å². The molecule has 1 aromatic carbocycles. The van der Waals surface area contributed by atoms with Gasteiger partial charge in [0.15, 0.2) is 5.60 Å². The first kappa shape index (κ1) is 17.1. The topological polar surface area (TPSA) is 50.9 Å². The minimum absolute atomic E-state index is 0.460. The lowest BCUT2D eigenvalue weighted by Gasteiger charge is -2.21. The number of hydrogen-bond acceptors (Lipinski definition) is 5. The lowest BCUT2D eigenvalue weighted by molar-refractivity contribution is -0.137. The second-order valence-corrected chi connectivity index (χ2v) is 6.96. The second kappa shape index (κ2) is 6.12. The molecule has 0 bridgehead atoms. The number of alkyl halides is 3. The van der Waals surface area contributed by atoms with E-state index in [1.165, 1.54) is 6.07 Å². The molecule has 0 radical (unpaired) electrons. The second-order valence-electron chi connectivity index (χ2n) is 6.96. The number of nitrogens with zero attached hydrogens (tertiary/aromatic N) is 3. The van der Waals surface area contributed by atoms with Crippen LogP contribution in [0.1, 0.15) is 35.4 Å². The molecular weight excluding hydrogens is 347 g/mol. The van der Waals surface area contributed by atoms with Gasteiger partial charge < -0.3 is 9.36 Å². The van der Waals surface area contributed by atoms with Crippen molar-refractivity contribution in [3.8, 4) is 0 Å². The molecule has 8 heteroatoms. The molecule has 2 aromatic rings. The third kappa shape index (κ3) is 3.33. The molecule has 1 spiro atoms. The molecule has 1 atom stereocenters. The predicted molar refractivity (Wildman–Crippen MR) is 87.5 cm³/mol. The molecule has 1 aromatic heterocycles. The van der Waals surface area contributed by atoms with Crippen molar-refractivity contribution in [1.29, 1.82) is 0 Å². The highest BCUT2D eigenvalue weighted by molar-refractivity contribution is 6.01. The fraction of sp³-hybridized carbons (Fsp3) is 0.444. The number of likely N-dealkylation sites (tertiary alicyclic amines) is 1. The summed E-state index contributed by atoms with van der Waals surface area (Å²) in [7, 11) is 0. The first-order chi connectivity index (χ1) is 12.3. The first-order valence-electron chi connectivity index (χ1n) is 8.40. The van der Waals surface area contributed by atoms with Gasteiger partial charge in [-0.25, -0.2) is 0 Å². The Hall–Kier alpha value is -2.35. The van der Waals surface area contributed by atoms with Crippen molar-refractivity contribution in [2.75, 3.05) is 13.1 Å². The van der Waals surface area contributed by atoms with Crippen molar-refractivity contribution in [3.63, 3.8) is 0 Å². The van der Waals surface area contributed by atoms with Gasteiger partial charge in [0, 0.05) is 44.1 Å². The van der Waals surface area contributed by atoms with Gasteiger partial charge in [-0.05, 0) is 19.1 Å². The standard InChI is InChI=1S/C18H18F3N3O2/c1-12-7-15(22-25-12)10-24-6-5-17(11-24)9-16(23-26-17)13-3-2-4-14(8-13)18(19,20)21/h2-4,7-8H,5-6,9-11H2,1H3. The maximum Gasteiger partial charge on any atom is 0.416 e. The number of hydrogen-bond donors (Lipinski definition) is 0. The smallest absolute Gasteiger partial charge is 0.387 e. The summed E-state index contributed by atoms with van der Waals surface area (Å²) < 4.78 is 43.8. The maximum absolute atomic E-state index is 12.9. The Morgan fingerprint density at radius 2 is 2.12 bits per heavy atom. The molecule has 0 N–H and O–H groups in total. The van der Waals surface area contributed by atoms with Gasteiger partial charge in [-0.1, -0.05) is 22.4 Å². The molecule has 0 aliphatic carbocycles. The van der Waals surface area contributed by atoms with Crippen molar-refractivity contribution in [3.05, 3.63) is 52.9 Å². The van der Waals surface area contributed by atoms with E-state index in [2.05, 4.69) is 15.2 Å². The molecule has 1 fully saturated rings. The van der Waals surface area contributed by atoms with Crippen LogP contribution in [0.3, 0.4) is 0 Å². The van der Waals surface area contributed by atoms with E-state index >= 15 is 0 Å². The Morgan fingerprint density at radius 1 is 1.27 bits per heavy atom. The zero-order valence-electron chi connectivity index (χ0n) is 14.2. The van der Waals surface area contributed by atoms with Crippen LogP contribution in [-0.4, -0.2) is 34.5 Å². The van der Waals surface area contributed by atoms with Crippen LogP contribution < -0.4 is 0 Å². The molecule has 138 valence electrons. The summed E-state index contributed by atoms with van der Waals surface area (Å²) in [6, 6.07) is 7.13. The average molecular weight is 365 g/mol. The molecule has 5 nitrogen and oxygen atoms in total. The van der Waals surface area contributed by atoms with Crippen LogP contribution in [0.15, 0.2) is 40.0 Å². The van der Waals surface area contributed by atoms with E-state index in [0.717, 1.165) is 36.6 Å². The van der Waals surface area contributed by atoms with Crippen LogP contribution >= 0.6 is 0 Å². The highest BCUT2D eigenvalue weighted by atomic mass is 19.4. The average Bonchev–Trinajstić information content (AvgIpc) is 3.30. The lowest BCUT2D eigenvalue weighted by atomic mass is 9.93. The molecular formula is C18H18F3N3O2. The van der Waals surface area contributed by atoms with E-state index < -0.39 is 17.3 Å². The molecule has 0 saturated carbocycles. The molecule has 26 heavy (non-hydrogen) atoms. The summed E-state index contributed by atoms with van der Waals surface area (Å²) in [5, 5.41) is 8.10. The number of aromatic nitrogens is 1. The van der Waals surface area contributed by atoms with Gasteiger partial charge in [-0.15, -0.1) is 0 Å². The number of benzene rings is 1. The Balaban J connectivity index is 1.43. The zero-order valence-corrected chi connectivity index (χ0v) is 14.2. The number of rotatable bonds is 3. The van der Waals surface area contributed by atoms with Crippen molar-refractivity contribution in [2.24, 2.45) is 5.16 Å². The first-order valence-corrected chi connectivity index (χ1v) is 8.40. The largest absolute Gasteiger partial charge is 0.416 e. The minimum Gasteiger partial charge on any atom is -0.387 e. The maximum atomic E-state index is 12.9. The van der Waals surface area contributed by atoms with Crippen LogP contribution in [0.5, 0.6) is 0 Å². The van der Waals surface area contributed by atoms with E-state index in [9.17, 15) is 13.2 Å². The molecule has 4 rings (SSSR count). The lowest BCUT2D eigenvalue weighted by Crippen LogP contribution is -2.33. The van der Waals surface area contributed by atoms with Gasteiger partial charge in [0.1, 0.15) is 5.76 Å². The van der Waals surface area contributed by atoms with E-state index in [1.54, 1.807) is 6.07 Å². The monoisotopic (exact) mass is 365 g/mol. The summed E-state index contributed by atoms with van der Waals surface area (Å²) in [5.74, 6) is 0.765. The van der Waals surface area contributed by atoms with Crippen LogP contribution in [0.25, 0.3) is 0 Å². The SMILES string of the molecule is Cc1cc(CN2CCC3(CC(c4cccc(C(F)(F)F)c4)=NO3)C2)no1. The number of halogens is 3. The summed E-state index contributed by atoms with van der Waals surface area (Å²) in [4.78, 5) is 7.88. The van der Waals surface area contributed by atoms with Crippen LogP contribution in [0.4, 0.5) is 13.2 Å². The van der Waals surface area contributed by atoms with E-state index in [4.69, 9.17) is 9.36 Å². The fourth-order valence-corrected chi connectivity index (χ4v) is 3.55. The summed E-state index contributed by atoms with van der Waals surface area (Å²) in [6.45, 7) is 3.97. The molecule has 1 unspecified atom stereocenters. The van der Waals surface area contributed by atoms with E-state index in [0.29, 0.717) is 30.8 Å². The normalized spacial score (nSPS) is 23.5. The van der Waals surface area contributed by atoms with Gasteiger partial charge in [0.2, 0.25) is 0 Å². The third-order valence-electron chi connectivity index (χ3n) is 4.82. The van der Waals surface area contributed by atoms with Gasteiger partial charge in [-0.3, -0.25) is 4.90 Å². The minimum atomic E-state index is -4.37. The molecule has 3 heterocycles. The summed E-state index contributed by atoms with van der Waals surface area (Å²) >= 11 is 0. The van der Waals surface area contributed by atoms with E-state index in [1.807, 2.05) is 13.0 Å². The quantitative estimate of drug-likeness (QED) is 0.831. The van der Waals surface area contributed by atoms with Gasteiger partial charge in [0.05, 0.1) is 17.0 Å². The van der Waals surface area contributed by atoms with Crippen molar-refractivity contribution in [1.82, 2.24) is 10.1 Å². The predicted octanol–water partition coefficient (Wildman–Crippen LogP) is 3.77. The van der Waals surface area contributed by atoms with Gasteiger partial charge >= 0.3 is 6.18 Å². The van der Waals surface area contributed by atoms with Crippen molar-refractivity contribution < 1.29 is 22.5 Å². The highest BCUT2D eigenvalue weighted by Gasteiger charge is 2.45. The van der Waals surface area contributed by atoms with Crippen molar-refractivity contribution >= 4 is 5.71 Å². The Bertz CT molecular complexity index is 846. The van der Waals surface area contributed by atoms with Gasteiger partial charge in [0.25, 0.3) is 0 Å². The molecule has 0 amide bonds. The Labute approximate surface area is 148 Å². The summed E-state index contributed by atoms with van der Waals surface area (Å²) in [5.41, 5.74) is 0.740. The van der Waals surface area contributed by atoms with Crippen LogP contribution in [0, 0.1) is 6.92 Å². The Morgan fingerprint density at radius 3 is 2.85 bits per heavy atom. The van der Waals surface area contributed by atoms with Crippen molar-refractivity contribution in [2.45, 2.75) is 38.1 Å².